The summed E-state index contributed by atoms with van der Waals surface area (Å²) >= 11 is 1.72. The molecule has 0 N–H and O–H groups in total. The first kappa shape index (κ1) is 12.6. The number of carbonyl (C=O) groups excluding carboxylic acids is 1. The topological polar surface area (TPSA) is 39.2 Å². The van der Waals surface area contributed by atoms with Gasteiger partial charge in [0.05, 0.1) is 23.7 Å². The number of hydrogen-bond donors (Lipinski definition) is 0. The Kier molecular flexibility index (Phi) is 4.15. The number of aromatic nitrogens is 1. The fourth-order valence-corrected chi connectivity index (χ4v) is 3.19. The lowest BCUT2D eigenvalue weighted by atomic mass is 9.80. The van der Waals surface area contributed by atoms with E-state index in [1.807, 2.05) is 6.92 Å². The van der Waals surface area contributed by atoms with Gasteiger partial charge in [-0.1, -0.05) is 0 Å². The second-order valence-electron chi connectivity index (χ2n) is 4.80. The molecule has 94 valence electrons. The molecule has 0 bridgehead atoms. The normalized spacial score (nSPS) is 24.6. The number of thiazole rings is 1. The Bertz CT molecular complexity index is 381. The van der Waals surface area contributed by atoms with Crippen molar-refractivity contribution in [2.24, 2.45) is 11.8 Å². The van der Waals surface area contributed by atoms with Crippen LogP contribution in [0.25, 0.3) is 0 Å². The summed E-state index contributed by atoms with van der Waals surface area (Å²) in [5, 5.41) is 3.30. The Morgan fingerprint density at radius 3 is 2.71 bits per heavy atom. The fourth-order valence-electron chi connectivity index (χ4n) is 2.57. The van der Waals surface area contributed by atoms with Gasteiger partial charge in [0.15, 0.2) is 0 Å². The van der Waals surface area contributed by atoms with Crippen molar-refractivity contribution in [1.29, 1.82) is 0 Å². The molecule has 4 heteroatoms. The summed E-state index contributed by atoms with van der Waals surface area (Å²) in [4.78, 5) is 15.9. The van der Waals surface area contributed by atoms with Crippen molar-refractivity contribution in [1.82, 2.24) is 4.98 Å². The highest BCUT2D eigenvalue weighted by atomic mass is 32.1. The highest BCUT2D eigenvalue weighted by Crippen LogP contribution is 2.31. The summed E-state index contributed by atoms with van der Waals surface area (Å²) in [6.45, 7) is 2.04. The molecule has 1 aliphatic rings. The van der Waals surface area contributed by atoms with Crippen LogP contribution in [0, 0.1) is 18.8 Å². The first-order chi connectivity index (χ1) is 8.19. The average Bonchev–Trinajstić information content (AvgIpc) is 2.75. The van der Waals surface area contributed by atoms with Gasteiger partial charge in [-0.05, 0) is 44.9 Å². The van der Waals surface area contributed by atoms with Gasteiger partial charge in [-0.3, -0.25) is 4.79 Å². The minimum Gasteiger partial charge on any atom is -0.469 e. The van der Waals surface area contributed by atoms with Gasteiger partial charge in [0, 0.05) is 5.38 Å². The number of ether oxygens (including phenoxy) is 1. The van der Waals surface area contributed by atoms with E-state index in [9.17, 15) is 4.79 Å². The summed E-state index contributed by atoms with van der Waals surface area (Å²) in [6.07, 6.45) is 5.26. The molecule has 0 atom stereocenters. The lowest BCUT2D eigenvalue weighted by Gasteiger charge is -2.26. The summed E-state index contributed by atoms with van der Waals surface area (Å²) in [6, 6.07) is 0. The van der Waals surface area contributed by atoms with Gasteiger partial charge in [-0.15, -0.1) is 11.3 Å². The van der Waals surface area contributed by atoms with Crippen LogP contribution in [0.4, 0.5) is 0 Å². The van der Waals surface area contributed by atoms with Crippen molar-refractivity contribution in [2.45, 2.75) is 39.0 Å². The van der Waals surface area contributed by atoms with Crippen molar-refractivity contribution >= 4 is 17.3 Å². The highest BCUT2D eigenvalue weighted by molar-refractivity contribution is 7.09. The smallest absolute Gasteiger partial charge is 0.308 e. The zero-order valence-corrected chi connectivity index (χ0v) is 11.3. The molecule has 1 aromatic rings. The number of hydrogen-bond acceptors (Lipinski definition) is 4. The van der Waals surface area contributed by atoms with Gasteiger partial charge in [-0.2, -0.15) is 0 Å². The maximum atomic E-state index is 11.4. The molecule has 1 aliphatic carbocycles. The standard InChI is InChI=1S/C13H19NO2S/c1-9-14-12(8-17-9)7-10-3-5-11(6-4-10)13(15)16-2/h8,10-11H,3-7H2,1-2H3. The summed E-state index contributed by atoms with van der Waals surface area (Å²) in [5.74, 6) is 0.791. The van der Waals surface area contributed by atoms with E-state index in [-0.39, 0.29) is 11.9 Å². The summed E-state index contributed by atoms with van der Waals surface area (Å²) in [5.41, 5.74) is 1.22. The quantitative estimate of drug-likeness (QED) is 0.777. The van der Waals surface area contributed by atoms with Crippen LogP contribution in [0.1, 0.15) is 36.4 Å². The third kappa shape index (κ3) is 3.28. The number of methoxy groups -OCH3 is 1. The Labute approximate surface area is 106 Å². The Hall–Kier alpha value is -0.900. The Morgan fingerprint density at radius 2 is 2.18 bits per heavy atom. The van der Waals surface area contributed by atoms with E-state index in [4.69, 9.17) is 4.74 Å². The van der Waals surface area contributed by atoms with E-state index in [1.165, 1.54) is 12.8 Å². The minimum absolute atomic E-state index is 0.0343. The molecule has 2 rings (SSSR count). The molecule has 0 aromatic carbocycles. The van der Waals surface area contributed by atoms with Gasteiger partial charge in [-0.25, -0.2) is 4.98 Å². The zero-order chi connectivity index (χ0) is 12.3. The van der Waals surface area contributed by atoms with Crippen LogP contribution in [0.3, 0.4) is 0 Å². The van der Waals surface area contributed by atoms with Gasteiger partial charge in [0.2, 0.25) is 0 Å². The van der Waals surface area contributed by atoms with Crippen molar-refractivity contribution in [3.8, 4) is 0 Å². The van der Waals surface area contributed by atoms with Crippen LogP contribution in [0.5, 0.6) is 0 Å². The number of carbonyl (C=O) groups is 1. The fraction of sp³-hybridized carbons (Fsp3) is 0.692. The maximum absolute atomic E-state index is 11.4. The van der Waals surface area contributed by atoms with Gasteiger partial charge in [0.1, 0.15) is 0 Å². The molecule has 0 unspecified atom stereocenters. The molecule has 1 fully saturated rings. The molecule has 1 heterocycles. The van der Waals surface area contributed by atoms with Crippen molar-refractivity contribution in [3.05, 3.63) is 16.1 Å². The van der Waals surface area contributed by atoms with Crippen LogP contribution in [0.2, 0.25) is 0 Å². The van der Waals surface area contributed by atoms with E-state index in [1.54, 1.807) is 11.3 Å². The van der Waals surface area contributed by atoms with E-state index in [0.29, 0.717) is 5.92 Å². The third-order valence-corrected chi connectivity index (χ3v) is 4.37. The van der Waals surface area contributed by atoms with Crippen molar-refractivity contribution in [2.75, 3.05) is 7.11 Å². The number of nitrogens with zero attached hydrogens (tertiary/aromatic N) is 1. The van der Waals surface area contributed by atoms with Gasteiger partial charge >= 0.3 is 5.97 Å². The first-order valence-corrected chi connectivity index (χ1v) is 7.06. The maximum Gasteiger partial charge on any atom is 0.308 e. The van der Waals surface area contributed by atoms with Gasteiger partial charge in [0.25, 0.3) is 0 Å². The van der Waals surface area contributed by atoms with E-state index in [0.717, 1.165) is 37.1 Å². The van der Waals surface area contributed by atoms with Crippen LogP contribution >= 0.6 is 11.3 Å². The SMILES string of the molecule is COC(=O)C1CCC(Cc2csc(C)n2)CC1. The number of rotatable bonds is 3. The molecule has 0 amide bonds. The zero-order valence-electron chi connectivity index (χ0n) is 10.4. The van der Waals surface area contributed by atoms with Crippen LogP contribution in [0.15, 0.2) is 5.38 Å². The average molecular weight is 253 g/mol. The Morgan fingerprint density at radius 1 is 1.47 bits per heavy atom. The second kappa shape index (κ2) is 5.63. The Balaban J connectivity index is 1.81. The predicted molar refractivity (Wildman–Crippen MR) is 68.0 cm³/mol. The molecule has 0 spiro atoms. The van der Waals surface area contributed by atoms with E-state index >= 15 is 0 Å². The predicted octanol–water partition coefficient (Wildman–Crippen LogP) is 2.97. The van der Waals surface area contributed by atoms with Crippen molar-refractivity contribution < 1.29 is 9.53 Å². The molecule has 0 aliphatic heterocycles. The summed E-state index contributed by atoms with van der Waals surface area (Å²) < 4.78 is 4.80. The summed E-state index contributed by atoms with van der Waals surface area (Å²) in [7, 11) is 1.48. The van der Waals surface area contributed by atoms with E-state index in [2.05, 4.69) is 10.4 Å². The largest absolute Gasteiger partial charge is 0.469 e. The molecular formula is C13H19NO2S. The number of aryl methyl sites for hydroxylation is 1. The van der Waals surface area contributed by atoms with Gasteiger partial charge < -0.3 is 4.74 Å². The second-order valence-corrected chi connectivity index (χ2v) is 5.87. The first-order valence-electron chi connectivity index (χ1n) is 6.18. The molecule has 0 radical (unpaired) electrons. The van der Waals surface area contributed by atoms with Crippen LogP contribution in [-0.4, -0.2) is 18.1 Å². The number of esters is 1. The molecule has 0 saturated heterocycles. The molecule has 3 nitrogen and oxygen atoms in total. The van der Waals surface area contributed by atoms with Crippen LogP contribution in [-0.2, 0) is 16.0 Å². The molecular weight excluding hydrogens is 234 g/mol. The minimum atomic E-state index is -0.0343. The lowest BCUT2D eigenvalue weighted by Crippen LogP contribution is -2.23. The third-order valence-electron chi connectivity index (χ3n) is 3.55. The molecule has 1 saturated carbocycles. The van der Waals surface area contributed by atoms with Crippen LogP contribution < -0.4 is 0 Å². The molecule has 17 heavy (non-hydrogen) atoms. The van der Waals surface area contributed by atoms with E-state index < -0.39 is 0 Å². The molecule has 1 aromatic heterocycles. The monoisotopic (exact) mass is 253 g/mol. The highest BCUT2D eigenvalue weighted by Gasteiger charge is 2.27. The lowest BCUT2D eigenvalue weighted by molar-refractivity contribution is -0.146. The van der Waals surface area contributed by atoms with Crippen molar-refractivity contribution in [3.63, 3.8) is 0 Å².